The molecule has 0 bridgehead atoms. The van der Waals surface area contributed by atoms with Gasteiger partial charge >= 0.3 is 0 Å². The van der Waals surface area contributed by atoms with Crippen LogP contribution in [0.15, 0.2) is 48.5 Å². The zero-order chi connectivity index (χ0) is 18.7. The Balaban J connectivity index is 1.62. The highest BCUT2D eigenvalue weighted by Crippen LogP contribution is 2.24. The number of aromatic amines is 1. The molecule has 136 valence electrons. The number of nitrogens with zero attached hydrogens (tertiary/aromatic N) is 2. The van der Waals surface area contributed by atoms with Gasteiger partial charge in [-0.05, 0) is 40.8 Å². The molecular formula is C20H23ClN4O. The summed E-state index contributed by atoms with van der Waals surface area (Å²) in [6.45, 7) is 6.85. The summed E-state index contributed by atoms with van der Waals surface area (Å²) in [5.74, 6) is 1.94. The van der Waals surface area contributed by atoms with Crippen molar-refractivity contribution in [2.45, 2.75) is 38.8 Å². The third-order valence-electron chi connectivity index (χ3n) is 4.15. The second-order valence-electron chi connectivity index (χ2n) is 7.23. The van der Waals surface area contributed by atoms with Crippen LogP contribution in [0.25, 0.3) is 0 Å². The molecule has 3 rings (SSSR count). The van der Waals surface area contributed by atoms with Crippen LogP contribution in [0.4, 0.5) is 0 Å². The second-order valence-corrected chi connectivity index (χ2v) is 7.67. The lowest BCUT2D eigenvalue weighted by Gasteiger charge is -2.19. The molecular weight excluding hydrogens is 348 g/mol. The summed E-state index contributed by atoms with van der Waals surface area (Å²) in [5, 5.41) is 7.75. The number of aromatic nitrogens is 3. The molecule has 6 heteroatoms. The van der Waals surface area contributed by atoms with Crippen molar-refractivity contribution in [3.63, 3.8) is 0 Å². The minimum absolute atomic E-state index is 0.121. The SMILES string of the molecule is CC(C)(C)c1ccc(OCc2nc(C(N)c3ccc(Cl)cc3)n[nH]2)cc1. The van der Waals surface area contributed by atoms with Gasteiger partial charge in [0.05, 0.1) is 6.04 Å². The number of halogens is 1. The Bertz CT molecular complexity index is 851. The van der Waals surface area contributed by atoms with Gasteiger partial charge in [-0.1, -0.05) is 56.6 Å². The first-order valence-corrected chi connectivity index (χ1v) is 8.86. The molecule has 0 aliphatic carbocycles. The van der Waals surface area contributed by atoms with E-state index in [4.69, 9.17) is 22.1 Å². The van der Waals surface area contributed by atoms with Gasteiger partial charge in [0.1, 0.15) is 12.4 Å². The van der Waals surface area contributed by atoms with Crippen molar-refractivity contribution in [2.24, 2.45) is 5.73 Å². The third kappa shape index (κ3) is 4.42. The van der Waals surface area contributed by atoms with Gasteiger partial charge in [0, 0.05) is 5.02 Å². The standard InChI is InChI=1S/C20H23ClN4O/c1-20(2,3)14-6-10-16(11-7-14)26-12-17-23-19(25-24-17)18(22)13-4-8-15(21)9-5-13/h4-11,18H,12,22H2,1-3H3,(H,23,24,25). The number of benzene rings is 2. The molecule has 0 aliphatic heterocycles. The summed E-state index contributed by atoms with van der Waals surface area (Å²) in [6, 6.07) is 15.0. The smallest absolute Gasteiger partial charge is 0.172 e. The molecule has 3 N–H and O–H groups in total. The molecule has 0 aliphatic rings. The van der Waals surface area contributed by atoms with E-state index in [1.807, 2.05) is 24.3 Å². The van der Waals surface area contributed by atoms with E-state index >= 15 is 0 Å². The fourth-order valence-electron chi connectivity index (χ4n) is 2.54. The van der Waals surface area contributed by atoms with Crippen LogP contribution in [-0.2, 0) is 12.0 Å². The Labute approximate surface area is 158 Å². The van der Waals surface area contributed by atoms with Crippen molar-refractivity contribution in [3.8, 4) is 5.75 Å². The van der Waals surface area contributed by atoms with Gasteiger partial charge in [-0.2, -0.15) is 5.10 Å². The zero-order valence-electron chi connectivity index (χ0n) is 15.2. The van der Waals surface area contributed by atoms with Crippen LogP contribution in [0.5, 0.6) is 5.75 Å². The van der Waals surface area contributed by atoms with Crippen molar-refractivity contribution in [1.29, 1.82) is 0 Å². The number of ether oxygens (including phenoxy) is 1. The van der Waals surface area contributed by atoms with E-state index < -0.39 is 6.04 Å². The molecule has 0 radical (unpaired) electrons. The van der Waals surface area contributed by atoms with Crippen LogP contribution in [-0.4, -0.2) is 15.2 Å². The summed E-state index contributed by atoms with van der Waals surface area (Å²) in [5.41, 5.74) is 8.50. The monoisotopic (exact) mass is 370 g/mol. The van der Waals surface area contributed by atoms with E-state index in [0.29, 0.717) is 23.3 Å². The van der Waals surface area contributed by atoms with Gasteiger partial charge in [-0.25, -0.2) is 4.98 Å². The predicted molar refractivity (Wildman–Crippen MR) is 103 cm³/mol. The highest BCUT2D eigenvalue weighted by Gasteiger charge is 2.15. The number of nitrogens with two attached hydrogens (primary N) is 1. The maximum atomic E-state index is 6.22. The van der Waals surface area contributed by atoms with E-state index in [1.54, 1.807) is 12.1 Å². The molecule has 3 aromatic rings. The lowest BCUT2D eigenvalue weighted by atomic mass is 9.87. The highest BCUT2D eigenvalue weighted by molar-refractivity contribution is 6.30. The van der Waals surface area contributed by atoms with Crippen molar-refractivity contribution in [1.82, 2.24) is 15.2 Å². The van der Waals surface area contributed by atoms with Crippen molar-refractivity contribution >= 4 is 11.6 Å². The van der Waals surface area contributed by atoms with Gasteiger partial charge < -0.3 is 10.5 Å². The molecule has 1 atom stereocenters. The predicted octanol–water partition coefficient (Wildman–Crippen LogP) is 4.38. The molecule has 26 heavy (non-hydrogen) atoms. The molecule has 2 aromatic carbocycles. The van der Waals surface area contributed by atoms with Gasteiger partial charge in [0.15, 0.2) is 11.6 Å². The van der Waals surface area contributed by atoms with Crippen LogP contribution in [0.2, 0.25) is 5.02 Å². The fourth-order valence-corrected chi connectivity index (χ4v) is 2.66. The fraction of sp³-hybridized carbons (Fsp3) is 0.300. The molecule has 0 saturated carbocycles. The first kappa shape index (κ1) is 18.4. The summed E-state index contributed by atoms with van der Waals surface area (Å²) in [7, 11) is 0. The lowest BCUT2D eigenvalue weighted by Crippen LogP contribution is -2.13. The first-order valence-electron chi connectivity index (χ1n) is 8.48. The van der Waals surface area contributed by atoms with E-state index in [0.717, 1.165) is 11.3 Å². The Morgan fingerprint density at radius 3 is 2.35 bits per heavy atom. The summed E-state index contributed by atoms with van der Waals surface area (Å²) >= 11 is 5.91. The van der Waals surface area contributed by atoms with Gasteiger partial charge in [-0.15, -0.1) is 0 Å². The van der Waals surface area contributed by atoms with Crippen LogP contribution >= 0.6 is 11.6 Å². The molecule has 0 fully saturated rings. The third-order valence-corrected chi connectivity index (χ3v) is 4.40. The Kier molecular flexibility index (Phi) is 5.30. The number of nitrogens with one attached hydrogen (secondary N) is 1. The maximum absolute atomic E-state index is 6.22. The van der Waals surface area contributed by atoms with Crippen LogP contribution < -0.4 is 10.5 Å². The summed E-state index contributed by atoms with van der Waals surface area (Å²) in [4.78, 5) is 4.43. The van der Waals surface area contributed by atoms with Gasteiger partial charge in [0.2, 0.25) is 0 Å². The zero-order valence-corrected chi connectivity index (χ0v) is 15.9. The number of hydrogen-bond donors (Lipinski definition) is 2. The first-order chi connectivity index (χ1) is 12.3. The Hall–Kier alpha value is -2.37. The lowest BCUT2D eigenvalue weighted by molar-refractivity contribution is 0.296. The molecule has 0 amide bonds. The second kappa shape index (κ2) is 7.48. The summed E-state index contributed by atoms with van der Waals surface area (Å²) < 4.78 is 5.78. The average molecular weight is 371 g/mol. The van der Waals surface area contributed by atoms with Crippen LogP contribution in [0, 0.1) is 0 Å². The quantitative estimate of drug-likeness (QED) is 0.698. The van der Waals surface area contributed by atoms with E-state index in [-0.39, 0.29) is 5.41 Å². The van der Waals surface area contributed by atoms with E-state index in [1.165, 1.54) is 5.56 Å². The maximum Gasteiger partial charge on any atom is 0.172 e. The molecule has 1 heterocycles. The number of H-pyrrole nitrogens is 1. The number of hydrogen-bond acceptors (Lipinski definition) is 4. The molecule has 1 aromatic heterocycles. The van der Waals surface area contributed by atoms with Crippen LogP contribution in [0.1, 0.15) is 49.6 Å². The van der Waals surface area contributed by atoms with Crippen LogP contribution in [0.3, 0.4) is 0 Å². The Morgan fingerprint density at radius 2 is 1.73 bits per heavy atom. The highest BCUT2D eigenvalue weighted by atomic mass is 35.5. The largest absolute Gasteiger partial charge is 0.486 e. The topological polar surface area (TPSA) is 76.8 Å². The molecule has 1 unspecified atom stereocenters. The Morgan fingerprint density at radius 1 is 1.08 bits per heavy atom. The van der Waals surface area contributed by atoms with E-state index in [2.05, 4.69) is 48.1 Å². The number of rotatable bonds is 5. The summed E-state index contributed by atoms with van der Waals surface area (Å²) in [6.07, 6.45) is 0. The normalized spacial score (nSPS) is 12.8. The van der Waals surface area contributed by atoms with Gasteiger partial charge in [0.25, 0.3) is 0 Å². The van der Waals surface area contributed by atoms with Crippen molar-refractivity contribution in [2.75, 3.05) is 0 Å². The van der Waals surface area contributed by atoms with Crippen molar-refractivity contribution in [3.05, 3.63) is 76.3 Å². The van der Waals surface area contributed by atoms with Gasteiger partial charge in [-0.3, -0.25) is 5.10 Å². The average Bonchev–Trinajstić information content (AvgIpc) is 3.08. The molecule has 0 saturated heterocycles. The molecule has 0 spiro atoms. The minimum Gasteiger partial charge on any atom is -0.486 e. The minimum atomic E-state index is -0.414. The van der Waals surface area contributed by atoms with Crippen molar-refractivity contribution < 1.29 is 4.74 Å². The molecule has 5 nitrogen and oxygen atoms in total. The van der Waals surface area contributed by atoms with E-state index in [9.17, 15) is 0 Å².